The second kappa shape index (κ2) is 7.11. The number of benzene rings is 2. The van der Waals surface area contributed by atoms with Crippen molar-refractivity contribution in [1.82, 2.24) is 4.72 Å². The van der Waals surface area contributed by atoms with E-state index in [0.717, 1.165) is 5.56 Å². The normalized spacial score (nSPS) is 11.6. The van der Waals surface area contributed by atoms with Crippen LogP contribution in [0.4, 0.5) is 0 Å². The largest absolute Gasteiger partial charge is 0.243 e. The number of hydrogen-bond acceptors (Lipinski definition) is 2. The minimum absolute atomic E-state index is 0.0848. The summed E-state index contributed by atoms with van der Waals surface area (Å²) in [5.74, 6) is 0. The van der Waals surface area contributed by atoms with Gasteiger partial charge in [0, 0.05) is 11.0 Å². The average molecular weight is 409 g/mol. The fraction of sp³-hybridized carbons (Fsp3) is 0.143. The molecule has 112 valence electrons. The highest BCUT2D eigenvalue weighted by Crippen LogP contribution is 2.32. The molecule has 0 aliphatic carbocycles. The van der Waals surface area contributed by atoms with Crippen molar-refractivity contribution in [2.75, 3.05) is 6.54 Å². The lowest BCUT2D eigenvalue weighted by Crippen LogP contribution is -2.26. The third-order valence-electron chi connectivity index (χ3n) is 2.78. The maximum Gasteiger partial charge on any atom is 0.243 e. The Bertz CT molecular complexity index is 713. The highest BCUT2D eigenvalue weighted by Gasteiger charge is 2.21. The minimum Gasteiger partial charge on any atom is -0.211 e. The molecule has 2 aromatic carbocycles. The lowest BCUT2D eigenvalue weighted by Gasteiger charge is -2.10. The fourth-order valence-electron chi connectivity index (χ4n) is 1.83. The highest BCUT2D eigenvalue weighted by atomic mass is 79.9. The average Bonchev–Trinajstić information content (AvgIpc) is 2.38. The van der Waals surface area contributed by atoms with E-state index in [2.05, 4.69) is 20.7 Å². The summed E-state index contributed by atoms with van der Waals surface area (Å²) < 4.78 is 27.7. The van der Waals surface area contributed by atoms with Gasteiger partial charge in [-0.25, -0.2) is 13.1 Å². The van der Waals surface area contributed by atoms with Gasteiger partial charge in [0.1, 0.15) is 4.90 Å². The monoisotopic (exact) mass is 407 g/mol. The van der Waals surface area contributed by atoms with Crippen LogP contribution in [0.2, 0.25) is 10.0 Å². The van der Waals surface area contributed by atoms with Crippen molar-refractivity contribution in [3.05, 3.63) is 62.5 Å². The molecule has 0 spiro atoms. The second-order valence-electron chi connectivity index (χ2n) is 4.33. The van der Waals surface area contributed by atoms with Crippen LogP contribution < -0.4 is 4.72 Å². The summed E-state index contributed by atoms with van der Waals surface area (Å²) >= 11 is 15.2. The molecule has 0 fully saturated rings. The van der Waals surface area contributed by atoms with Gasteiger partial charge in [0.05, 0.1) is 10.0 Å². The Balaban J connectivity index is 2.12. The van der Waals surface area contributed by atoms with Gasteiger partial charge in [-0.15, -0.1) is 0 Å². The molecule has 0 radical (unpaired) electrons. The quantitative estimate of drug-likeness (QED) is 0.802. The molecular formula is C14H12BrCl2NO2S. The van der Waals surface area contributed by atoms with Gasteiger partial charge in [-0.2, -0.15) is 0 Å². The molecule has 0 saturated carbocycles. The van der Waals surface area contributed by atoms with Crippen molar-refractivity contribution in [2.45, 2.75) is 11.3 Å². The molecule has 2 aromatic rings. The van der Waals surface area contributed by atoms with Crippen LogP contribution in [0.5, 0.6) is 0 Å². The Morgan fingerprint density at radius 2 is 1.62 bits per heavy atom. The van der Waals surface area contributed by atoms with Crippen LogP contribution in [0.3, 0.4) is 0 Å². The van der Waals surface area contributed by atoms with Crippen molar-refractivity contribution >= 4 is 49.2 Å². The zero-order valence-electron chi connectivity index (χ0n) is 10.8. The lowest BCUT2D eigenvalue weighted by molar-refractivity contribution is 0.582. The second-order valence-corrected chi connectivity index (χ2v) is 7.77. The van der Waals surface area contributed by atoms with Crippen molar-refractivity contribution in [3.8, 4) is 0 Å². The van der Waals surface area contributed by atoms with E-state index in [1.54, 1.807) is 0 Å². The molecular weight excluding hydrogens is 397 g/mol. The van der Waals surface area contributed by atoms with Crippen LogP contribution in [0, 0.1) is 0 Å². The van der Waals surface area contributed by atoms with E-state index < -0.39 is 10.0 Å². The van der Waals surface area contributed by atoms with Gasteiger partial charge in [-0.1, -0.05) is 69.5 Å². The molecule has 0 saturated heterocycles. The van der Waals surface area contributed by atoms with Crippen LogP contribution in [-0.2, 0) is 16.4 Å². The Morgan fingerprint density at radius 1 is 1.05 bits per heavy atom. The molecule has 2 rings (SSSR count). The molecule has 1 N–H and O–H groups in total. The fourth-order valence-corrected chi connectivity index (χ4v) is 4.80. The molecule has 0 amide bonds. The van der Waals surface area contributed by atoms with Gasteiger partial charge in [-0.05, 0) is 24.1 Å². The van der Waals surface area contributed by atoms with E-state index in [9.17, 15) is 8.42 Å². The van der Waals surface area contributed by atoms with Crippen molar-refractivity contribution in [1.29, 1.82) is 0 Å². The summed E-state index contributed by atoms with van der Waals surface area (Å²) in [5.41, 5.74) is 1.05. The van der Waals surface area contributed by atoms with Gasteiger partial charge < -0.3 is 0 Å². The van der Waals surface area contributed by atoms with E-state index in [-0.39, 0.29) is 21.5 Å². The summed E-state index contributed by atoms with van der Waals surface area (Å²) in [6, 6.07) is 12.6. The van der Waals surface area contributed by atoms with E-state index in [4.69, 9.17) is 23.2 Å². The first-order valence-electron chi connectivity index (χ1n) is 6.08. The summed E-state index contributed by atoms with van der Waals surface area (Å²) in [6.45, 7) is 0.273. The SMILES string of the molecule is O=S(=O)(NCCc1ccccc1)c1c(Cl)cc(Br)cc1Cl. The summed E-state index contributed by atoms with van der Waals surface area (Å²) in [7, 11) is -3.74. The highest BCUT2D eigenvalue weighted by molar-refractivity contribution is 9.10. The molecule has 0 aromatic heterocycles. The number of hydrogen-bond donors (Lipinski definition) is 1. The van der Waals surface area contributed by atoms with E-state index in [1.807, 2.05) is 30.3 Å². The summed E-state index contributed by atoms with van der Waals surface area (Å²) in [4.78, 5) is -0.0953. The van der Waals surface area contributed by atoms with E-state index in [0.29, 0.717) is 10.9 Å². The summed E-state index contributed by atoms with van der Waals surface area (Å²) in [6.07, 6.45) is 0.589. The molecule has 21 heavy (non-hydrogen) atoms. The predicted molar refractivity (Wildman–Crippen MR) is 89.5 cm³/mol. The van der Waals surface area contributed by atoms with Gasteiger partial charge in [0.25, 0.3) is 0 Å². The third kappa shape index (κ3) is 4.44. The lowest BCUT2D eigenvalue weighted by atomic mass is 10.2. The van der Waals surface area contributed by atoms with Gasteiger partial charge in [0.2, 0.25) is 10.0 Å². The molecule has 0 unspecified atom stereocenters. The zero-order chi connectivity index (χ0) is 15.5. The van der Waals surface area contributed by atoms with Gasteiger partial charge >= 0.3 is 0 Å². The van der Waals surface area contributed by atoms with Crippen LogP contribution in [0.1, 0.15) is 5.56 Å². The van der Waals surface area contributed by atoms with Crippen LogP contribution in [0.15, 0.2) is 51.8 Å². The molecule has 0 aliphatic heterocycles. The Hall–Kier alpha value is -0.590. The van der Waals surface area contributed by atoms with Crippen LogP contribution in [0.25, 0.3) is 0 Å². The van der Waals surface area contributed by atoms with Crippen molar-refractivity contribution in [3.63, 3.8) is 0 Å². The number of halogens is 3. The third-order valence-corrected chi connectivity index (χ3v) is 5.62. The van der Waals surface area contributed by atoms with Crippen LogP contribution >= 0.6 is 39.1 Å². The minimum atomic E-state index is -3.74. The molecule has 0 heterocycles. The van der Waals surface area contributed by atoms with Gasteiger partial charge in [0.15, 0.2) is 0 Å². The Kier molecular flexibility index (Phi) is 5.68. The smallest absolute Gasteiger partial charge is 0.211 e. The Morgan fingerprint density at radius 3 is 2.19 bits per heavy atom. The molecule has 0 atom stereocenters. The first kappa shape index (κ1) is 16.8. The van der Waals surface area contributed by atoms with Crippen molar-refractivity contribution < 1.29 is 8.42 Å². The molecule has 0 aliphatic rings. The topological polar surface area (TPSA) is 46.2 Å². The maximum atomic E-state index is 12.3. The number of rotatable bonds is 5. The number of nitrogens with one attached hydrogen (secondary N) is 1. The maximum absolute atomic E-state index is 12.3. The number of sulfonamides is 1. The Labute approximate surface area is 142 Å². The standard InChI is InChI=1S/C14H12BrCl2NO2S/c15-11-8-12(16)14(13(17)9-11)21(19,20)18-7-6-10-4-2-1-3-5-10/h1-5,8-9,18H,6-7H2. The van der Waals surface area contributed by atoms with Gasteiger partial charge in [-0.3, -0.25) is 0 Å². The van der Waals surface area contributed by atoms with E-state index in [1.165, 1.54) is 12.1 Å². The molecule has 0 bridgehead atoms. The van der Waals surface area contributed by atoms with Crippen LogP contribution in [-0.4, -0.2) is 15.0 Å². The first-order chi connectivity index (χ1) is 9.90. The molecule has 7 heteroatoms. The zero-order valence-corrected chi connectivity index (χ0v) is 14.7. The summed E-state index contributed by atoms with van der Waals surface area (Å²) in [5, 5.41) is 0.170. The van der Waals surface area contributed by atoms with E-state index >= 15 is 0 Å². The predicted octanol–water partition coefficient (Wildman–Crippen LogP) is 4.28. The first-order valence-corrected chi connectivity index (χ1v) is 9.11. The van der Waals surface area contributed by atoms with Crippen molar-refractivity contribution in [2.24, 2.45) is 0 Å². The molecule has 3 nitrogen and oxygen atoms in total.